The number of nitrogens with two attached hydrogens (primary N) is 1. The van der Waals surface area contributed by atoms with E-state index in [2.05, 4.69) is 0 Å². The minimum atomic E-state index is -1.30. The van der Waals surface area contributed by atoms with Gasteiger partial charge in [0.1, 0.15) is 12.4 Å². The molecule has 3 aromatic carbocycles. The minimum Gasteiger partial charge on any atom is -0.488 e. The second-order valence-electron chi connectivity index (χ2n) is 7.09. The van der Waals surface area contributed by atoms with Crippen LogP contribution in [-0.2, 0) is 12.1 Å². The summed E-state index contributed by atoms with van der Waals surface area (Å²) in [5.41, 5.74) is 6.61. The summed E-state index contributed by atoms with van der Waals surface area (Å²) in [4.78, 5) is 1.87. The van der Waals surface area contributed by atoms with Crippen LogP contribution in [0.1, 0.15) is 24.5 Å². The zero-order valence-electron chi connectivity index (χ0n) is 16.8. The van der Waals surface area contributed by atoms with Gasteiger partial charge in [-0.3, -0.25) is 0 Å². The van der Waals surface area contributed by atoms with E-state index in [0.29, 0.717) is 23.6 Å². The molecule has 0 aliphatic heterocycles. The molecule has 30 heavy (non-hydrogen) atoms. The Kier molecular flexibility index (Phi) is 7.81. The Balaban J connectivity index is 1.79. The van der Waals surface area contributed by atoms with Crippen LogP contribution in [-0.4, -0.2) is 22.9 Å². The number of aliphatic hydroxyl groups excluding tert-OH is 2. The van der Waals surface area contributed by atoms with Crippen molar-refractivity contribution in [2.75, 3.05) is 6.61 Å². The first-order valence-corrected chi connectivity index (χ1v) is 11.0. The summed E-state index contributed by atoms with van der Waals surface area (Å²) in [6.45, 7) is 1.90. The van der Waals surface area contributed by atoms with Gasteiger partial charge in [0, 0.05) is 9.92 Å². The van der Waals surface area contributed by atoms with E-state index < -0.39 is 18.2 Å². The van der Waals surface area contributed by atoms with Gasteiger partial charge in [-0.25, -0.2) is 0 Å². The quantitative estimate of drug-likeness (QED) is 0.434. The van der Waals surface area contributed by atoms with Gasteiger partial charge in [0.05, 0.1) is 23.1 Å². The molecule has 0 aliphatic carbocycles. The molecule has 0 spiro atoms. The third kappa shape index (κ3) is 5.17. The van der Waals surface area contributed by atoms with Gasteiger partial charge in [-0.05, 0) is 41.8 Å². The Bertz CT molecular complexity index is 970. The zero-order valence-corrected chi connectivity index (χ0v) is 18.4. The fourth-order valence-electron chi connectivity index (χ4n) is 3.19. The van der Waals surface area contributed by atoms with Crippen molar-refractivity contribution in [3.05, 3.63) is 88.9 Å². The molecule has 0 heterocycles. The summed E-state index contributed by atoms with van der Waals surface area (Å²) in [7, 11) is 0. The molecule has 0 radical (unpaired) electrons. The molecule has 3 rings (SSSR count). The lowest BCUT2D eigenvalue weighted by molar-refractivity contribution is 0.0384. The average molecular weight is 444 g/mol. The summed E-state index contributed by atoms with van der Waals surface area (Å²) in [6, 6.07) is 23.3. The fraction of sp³-hybridized carbons (Fsp3) is 0.250. The first-order valence-electron chi connectivity index (χ1n) is 9.79. The average Bonchev–Trinajstić information content (AvgIpc) is 2.78. The molecule has 0 saturated carbocycles. The molecule has 158 valence electrons. The van der Waals surface area contributed by atoms with Crippen LogP contribution >= 0.6 is 23.4 Å². The predicted octanol–water partition coefficient (Wildman–Crippen LogP) is 4.99. The highest BCUT2D eigenvalue weighted by molar-refractivity contribution is 7.99. The third-order valence-corrected chi connectivity index (χ3v) is 6.36. The monoisotopic (exact) mass is 443 g/mol. The number of hydrogen-bond donors (Lipinski definition) is 3. The van der Waals surface area contributed by atoms with Crippen molar-refractivity contribution in [2.24, 2.45) is 5.73 Å². The van der Waals surface area contributed by atoms with E-state index in [9.17, 15) is 10.2 Å². The molecular formula is C24H26ClNO3S. The van der Waals surface area contributed by atoms with E-state index in [-0.39, 0.29) is 0 Å². The van der Waals surface area contributed by atoms with Crippen LogP contribution in [0.25, 0.3) is 0 Å². The highest BCUT2D eigenvalue weighted by Gasteiger charge is 2.35. The first-order chi connectivity index (χ1) is 14.5. The Morgan fingerprint density at radius 1 is 1.07 bits per heavy atom. The topological polar surface area (TPSA) is 75.7 Å². The SMILES string of the molecule is CCC(O)C(N)(CO)c1ccc(Sc2ccccc2OCc2ccccc2)cc1Cl. The normalized spacial score (nSPS) is 14.2. The zero-order chi connectivity index (χ0) is 21.6. The molecule has 3 aromatic rings. The van der Waals surface area contributed by atoms with E-state index in [1.807, 2.05) is 67.6 Å². The maximum Gasteiger partial charge on any atom is 0.133 e. The maximum atomic E-state index is 10.3. The fourth-order valence-corrected chi connectivity index (χ4v) is 4.55. The summed E-state index contributed by atoms with van der Waals surface area (Å²) in [5, 5.41) is 20.5. The van der Waals surface area contributed by atoms with Crippen LogP contribution in [0.15, 0.2) is 82.6 Å². The van der Waals surface area contributed by atoms with Crippen LogP contribution in [0.4, 0.5) is 0 Å². The Morgan fingerprint density at radius 3 is 2.43 bits per heavy atom. The Morgan fingerprint density at radius 2 is 1.77 bits per heavy atom. The number of hydrogen-bond acceptors (Lipinski definition) is 5. The van der Waals surface area contributed by atoms with Crippen molar-refractivity contribution < 1.29 is 14.9 Å². The summed E-state index contributed by atoms with van der Waals surface area (Å²) >= 11 is 8.02. The molecule has 0 bridgehead atoms. The molecular weight excluding hydrogens is 418 g/mol. The van der Waals surface area contributed by atoms with E-state index in [1.54, 1.807) is 12.1 Å². The number of rotatable bonds is 9. The van der Waals surface area contributed by atoms with E-state index in [0.717, 1.165) is 21.1 Å². The van der Waals surface area contributed by atoms with E-state index >= 15 is 0 Å². The Labute approximate surface area is 186 Å². The highest BCUT2D eigenvalue weighted by Crippen LogP contribution is 2.38. The predicted molar refractivity (Wildman–Crippen MR) is 122 cm³/mol. The number of para-hydroxylation sites is 1. The van der Waals surface area contributed by atoms with Crippen molar-refractivity contribution >= 4 is 23.4 Å². The molecule has 4 nitrogen and oxygen atoms in total. The van der Waals surface area contributed by atoms with Gasteiger partial charge >= 0.3 is 0 Å². The van der Waals surface area contributed by atoms with Crippen LogP contribution in [0.5, 0.6) is 5.75 Å². The summed E-state index contributed by atoms with van der Waals surface area (Å²) in [6.07, 6.45) is -0.485. The smallest absolute Gasteiger partial charge is 0.133 e. The van der Waals surface area contributed by atoms with Gasteiger partial charge in [0.2, 0.25) is 0 Å². The number of benzene rings is 3. The van der Waals surface area contributed by atoms with Crippen LogP contribution < -0.4 is 10.5 Å². The van der Waals surface area contributed by atoms with Gasteiger partial charge in [-0.2, -0.15) is 0 Å². The van der Waals surface area contributed by atoms with Gasteiger partial charge in [0.25, 0.3) is 0 Å². The molecule has 0 aliphatic rings. The second kappa shape index (κ2) is 10.3. The first kappa shape index (κ1) is 22.7. The van der Waals surface area contributed by atoms with Crippen molar-refractivity contribution in [2.45, 2.75) is 41.4 Å². The summed E-state index contributed by atoms with van der Waals surface area (Å²) in [5.74, 6) is 0.788. The Hall–Kier alpha value is -2.02. The lowest BCUT2D eigenvalue weighted by atomic mass is 9.85. The molecule has 6 heteroatoms. The lowest BCUT2D eigenvalue weighted by Gasteiger charge is -2.33. The second-order valence-corrected chi connectivity index (χ2v) is 8.61. The highest BCUT2D eigenvalue weighted by atomic mass is 35.5. The molecule has 4 N–H and O–H groups in total. The maximum absolute atomic E-state index is 10.3. The summed E-state index contributed by atoms with van der Waals surface area (Å²) < 4.78 is 6.03. The van der Waals surface area contributed by atoms with Crippen molar-refractivity contribution in [3.8, 4) is 5.75 Å². The molecule has 0 aromatic heterocycles. The van der Waals surface area contributed by atoms with Gasteiger partial charge in [0.15, 0.2) is 0 Å². The van der Waals surface area contributed by atoms with Crippen molar-refractivity contribution in [3.63, 3.8) is 0 Å². The number of ether oxygens (including phenoxy) is 1. The third-order valence-electron chi connectivity index (χ3n) is 5.00. The van der Waals surface area contributed by atoms with Crippen molar-refractivity contribution in [1.82, 2.24) is 0 Å². The largest absolute Gasteiger partial charge is 0.488 e. The molecule has 0 fully saturated rings. The molecule has 2 atom stereocenters. The van der Waals surface area contributed by atoms with Crippen LogP contribution in [0.3, 0.4) is 0 Å². The van der Waals surface area contributed by atoms with Gasteiger partial charge in [-0.15, -0.1) is 0 Å². The minimum absolute atomic E-state index is 0.398. The number of halogens is 1. The molecule has 2 unspecified atom stereocenters. The van der Waals surface area contributed by atoms with E-state index in [4.69, 9.17) is 22.1 Å². The lowest BCUT2D eigenvalue weighted by Crippen LogP contribution is -2.51. The molecule has 0 amide bonds. The van der Waals surface area contributed by atoms with Crippen LogP contribution in [0, 0.1) is 0 Å². The van der Waals surface area contributed by atoms with Gasteiger partial charge in [-0.1, -0.05) is 78.8 Å². The van der Waals surface area contributed by atoms with E-state index in [1.165, 1.54) is 11.8 Å². The molecule has 0 saturated heterocycles. The van der Waals surface area contributed by atoms with Gasteiger partial charge < -0.3 is 20.7 Å². The van der Waals surface area contributed by atoms with Crippen LogP contribution in [0.2, 0.25) is 5.02 Å². The standard InChI is InChI=1S/C24H26ClNO3S/c1-2-23(28)24(26,16-27)19-13-12-18(14-20(19)25)30-22-11-7-6-10-21(22)29-15-17-8-4-3-5-9-17/h3-14,23,27-28H,2,15-16,26H2,1H3. The number of aliphatic hydroxyl groups is 2. The van der Waals surface area contributed by atoms with Crippen molar-refractivity contribution in [1.29, 1.82) is 0 Å².